The van der Waals surface area contributed by atoms with Gasteiger partial charge in [0, 0.05) is 18.5 Å². The van der Waals surface area contributed by atoms with Crippen LogP contribution in [0.5, 0.6) is 11.5 Å². The van der Waals surface area contributed by atoms with E-state index in [1.807, 2.05) is 24.3 Å². The summed E-state index contributed by atoms with van der Waals surface area (Å²) in [7, 11) is 1.66. The number of H-pyrrole nitrogens is 1. The van der Waals surface area contributed by atoms with Gasteiger partial charge in [0.2, 0.25) is 0 Å². The standard InChI is InChI=1S/C23H25N3O4S/c1-29-18-7-5-17(6-8-18)4-2-3-15-30-20-10-11-22(26-19(20)9-12-23(27)28)31-16-21-24-13-14-25-21/h5-14H,2-4,15-16H2,1H3,(H,24,25)(H,27,28). The number of carboxylic acid groups (broad SMARTS) is 1. The molecule has 1 aromatic carbocycles. The summed E-state index contributed by atoms with van der Waals surface area (Å²) in [6.07, 6.45) is 8.83. The van der Waals surface area contributed by atoms with E-state index in [0.29, 0.717) is 23.8 Å². The normalized spacial score (nSPS) is 11.0. The molecule has 0 unspecified atom stereocenters. The third-order valence-electron chi connectivity index (χ3n) is 4.43. The lowest BCUT2D eigenvalue weighted by molar-refractivity contribution is -0.131. The number of aromatic amines is 1. The van der Waals surface area contributed by atoms with E-state index >= 15 is 0 Å². The second-order valence-corrected chi connectivity index (χ2v) is 7.68. The van der Waals surface area contributed by atoms with Gasteiger partial charge in [-0.15, -0.1) is 0 Å². The molecule has 0 saturated carbocycles. The monoisotopic (exact) mass is 439 g/mol. The summed E-state index contributed by atoms with van der Waals surface area (Å²) in [5, 5.41) is 9.74. The molecule has 0 saturated heterocycles. The Kier molecular flexibility index (Phi) is 8.54. The lowest BCUT2D eigenvalue weighted by atomic mass is 10.1. The average Bonchev–Trinajstić information content (AvgIpc) is 3.31. The number of rotatable bonds is 12. The number of unbranched alkanes of at least 4 members (excludes halogenated alkanes) is 1. The van der Waals surface area contributed by atoms with E-state index in [0.717, 1.165) is 41.9 Å². The van der Waals surface area contributed by atoms with E-state index < -0.39 is 5.97 Å². The van der Waals surface area contributed by atoms with Crippen LogP contribution < -0.4 is 9.47 Å². The van der Waals surface area contributed by atoms with E-state index in [1.54, 1.807) is 19.5 Å². The maximum atomic E-state index is 10.9. The van der Waals surface area contributed by atoms with E-state index in [-0.39, 0.29) is 0 Å². The highest BCUT2D eigenvalue weighted by Gasteiger charge is 2.07. The van der Waals surface area contributed by atoms with Gasteiger partial charge in [-0.3, -0.25) is 0 Å². The third-order valence-corrected chi connectivity index (χ3v) is 5.37. The first-order valence-electron chi connectivity index (χ1n) is 9.93. The number of nitrogens with one attached hydrogen (secondary N) is 1. The summed E-state index contributed by atoms with van der Waals surface area (Å²) in [5.74, 6) is 1.90. The van der Waals surface area contributed by atoms with Crippen LogP contribution in [0.2, 0.25) is 0 Å². The smallest absolute Gasteiger partial charge is 0.328 e. The summed E-state index contributed by atoms with van der Waals surface area (Å²) in [5.41, 5.74) is 1.76. The number of benzene rings is 1. The fraction of sp³-hybridized carbons (Fsp3) is 0.261. The van der Waals surface area contributed by atoms with Crippen LogP contribution in [0.3, 0.4) is 0 Å². The van der Waals surface area contributed by atoms with Crippen LogP contribution in [0.4, 0.5) is 0 Å². The molecular weight excluding hydrogens is 414 g/mol. The molecule has 0 fully saturated rings. The number of nitrogens with zero attached hydrogens (tertiary/aromatic N) is 2. The number of hydrogen-bond acceptors (Lipinski definition) is 6. The number of methoxy groups -OCH3 is 1. The summed E-state index contributed by atoms with van der Waals surface area (Å²) >= 11 is 1.52. The first kappa shape index (κ1) is 22.4. The molecule has 162 valence electrons. The highest BCUT2D eigenvalue weighted by molar-refractivity contribution is 7.98. The quantitative estimate of drug-likeness (QED) is 0.242. The van der Waals surface area contributed by atoms with E-state index in [9.17, 15) is 4.79 Å². The van der Waals surface area contributed by atoms with Crippen molar-refractivity contribution in [3.63, 3.8) is 0 Å². The molecule has 0 aliphatic heterocycles. The molecule has 8 heteroatoms. The number of aryl methyl sites for hydroxylation is 1. The second-order valence-electron chi connectivity index (χ2n) is 6.68. The Morgan fingerprint density at radius 2 is 2.03 bits per heavy atom. The van der Waals surface area contributed by atoms with Crippen molar-refractivity contribution in [2.24, 2.45) is 0 Å². The number of carboxylic acids is 1. The Morgan fingerprint density at radius 1 is 1.19 bits per heavy atom. The van der Waals surface area contributed by atoms with Crippen molar-refractivity contribution in [3.05, 3.63) is 71.9 Å². The molecule has 2 heterocycles. The van der Waals surface area contributed by atoms with Crippen LogP contribution >= 0.6 is 11.8 Å². The van der Waals surface area contributed by atoms with Crippen LogP contribution in [0, 0.1) is 0 Å². The van der Waals surface area contributed by atoms with E-state index in [1.165, 1.54) is 23.4 Å². The van der Waals surface area contributed by atoms with Crippen LogP contribution in [-0.4, -0.2) is 39.7 Å². The van der Waals surface area contributed by atoms with Crippen LogP contribution in [0.25, 0.3) is 6.08 Å². The van der Waals surface area contributed by atoms with Crippen molar-refractivity contribution >= 4 is 23.8 Å². The van der Waals surface area contributed by atoms with Crippen molar-refractivity contribution < 1.29 is 19.4 Å². The number of aliphatic carboxylic acids is 1. The van der Waals surface area contributed by atoms with Gasteiger partial charge in [0.15, 0.2) is 0 Å². The zero-order valence-electron chi connectivity index (χ0n) is 17.3. The number of imidazole rings is 1. The molecule has 0 radical (unpaired) electrons. The molecule has 3 aromatic rings. The number of thioether (sulfide) groups is 1. The zero-order valence-corrected chi connectivity index (χ0v) is 18.1. The fourth-order valence-electron chi connectivity index (χ4n) is 2.84. The van der Waals surface area contributed by atoms with Gasteiger partial charge in [-0.1, -0.05) is 23.9 Å². The summed E-state index contributed by atoms with van der Waals surface area (Å²) in [6, 6.07) is 11.8. The predicted octanol–water partition coefficient (Wildman–Crippen LogP) is 4.61. The second kappa shape index (κ2) is 11.8. The predicted molar refractivity (Wildman–Crippen MR) is 120 cm³/mol. The van der Waals surface area contributed by atoms with Crippen LogP contribution in [-0.2, 0) is 17.0 Å². The highest BCUT2D eigenvalue weighted by atomic mass is 32.2. The Labute approximate surface area is 185 Å². The van der Waals surface area contributed by atoms with Crippen molar-refractivity contribution in [2.75, 3.05) is 13.7 Å². The maximum absolute atomic E-state index is 10.9. The number of carbonyl (C=O) groups is 1. The van der Waals surface area contributed by atoms with Crippen molar-refractivity contribution in [3.8, 4) is 11.5 Å². The first-order chi connectivity index (χ1) is 15.1. The number of pyridine rings is 1. The molecule has 2 N–H and O–H groups in total. The van der Waals surface area contributed by atoms with E-state index in [2.05, 4.69) is 27.1 Å². The summed E-state index contributed by atoms with van der Waals surface area (Å²) in [6.45, 7) is 0.532. The summed E-state index contributed by atoms with van der Waals surface area (Å²) < 4.78 is 11.1. The van der Waals surface area contributed by atoms with Gasteiger partial charge in [0.05, 0.1) is 24.5 Å². The van der Waals surface area contributed by atoms with Crippen molar-refractivity contribution in [1.29, 1.82) is 0 Å². The fourth-order valence-corrected chi connectivity index (χ4v) is 3.61. The van der Waals surface area contributed by atoms with Gasteiger partial charge in [-0.05, 0) is 55.2 Å². The molecule has 3 rings (SSSR count). The van der Waals surface area contributed by atoms with Crippen LogP contribution in [0.15, 0.2) is 59.9 Å². The molecule has 0 bridgehead atoms. The number of ether oxygens (including phenoxy) is 2. The third kappa shape index (κ3) is 7.49. The molecule has 0 spiro atoms. The minimum Gasteiger partial charge on any atom is -0.497 e. The largest absolute Gasteiger partial charge is 0.497 e. The minimum absolute atomic E-state index is 0.502. The first-order valence-corrected chi connectivity index (χ1v) is 10.9. The van der Waals surface area contributed by atoms with Gasteiger partial charge in [-0.25, -0.2) is 14.8 Å². The average molecular weight is 440 g/mol. The maximum Gasteiger partial charge on any atom is 0.328 e. The molecule has 0 aliphatic carbocycles. The topological polar surface area (TPSA) is 97.3 Å². The van der Waals surface area contributed by atoms with Gasteiger partial charge in [0.25, 0.3) is 0 Å². The Balaban J connectivity index is 1.53. The van der Waals surface area contributed by atoms with Gasteiger partial charge < -0.3 is 19.6 Å². The zero-order chi connectivity index (χ0) is 21.9. The molecule has 0 amide bonds. The van der Waals surface area contributed by atoms with Crippen molar-refractivity contribution in [1.82, 2.24) is 15.0 Å². The van der Waals surface area contributed by atoms with Crippen LogP contribution in [0.1, 0.15) is 29.9 Å². The molecule has 0 atom stereocenters. The Bertz CT molecular complexity index is 989. The number of aromatic nitrogens is 3. The molecular formula is C23H25N3O4S. The lowest BCUT2D eigenvalue weighted by Crippen LogP contribution is -2.02. The van der Waals surface area contributed by atoms with Crippen molar-refractivity contribution in [2.45, 2.75) is 30.0 Å². The minimum atomic E-state index is -1.03. The molecule has 7 nitrogen and oxygen atoms in total. The lowest BCUT2D eigenvalue weighted by Gasteiger charge is -2.10. The highest BCUT2D eigenvalue weighted by Crippen LogP contribution is 2.26. The SMILES string of the molecule is COc1ccc(CCCCOc2ccc(SCc3ncc[nH]3)nc2C=CC(=O)O)cc1. The van der Waals surface area contributed by atoms with Gasteiger partial charge in [0.1, 0.15) is 23.0 Å². The van der Waals surface area contributed by atoms with Gasteiger partial charge in [-0.2, -0.15) is 0 Å². The van der Waals surface area contributed by atoms with Gasteiger partial charge >= 0.3 is 5.97 Å². The molecule has 2 aromatic heterocycles. The molecule has 0 aliphatic rings. The Morgan fingerprint density at radius 3 is 2.74 bits per heavy atom. The summed E-state index contributed by atoms with van der Waals surface area (Å²) in [4.78, 5) is 22.7. The molecule has 31 heavy (non-hydrogen) atoms. The Hall–Kier alpha value is -3.26. The van der Waals surface area contributed by atoms with E-state index in [4.69, 9.17) is 14.6 Å². The number of hydrogen-bond donors (Lipinski definition) is 2.